The topological polar surface area (TPSA) is 20.2 Å². The lowest BCUT2D eigenvalue weighted by atomic mass is 9.87. The van der Waals surface area contributed by atoms with E-state index in [0.717, 1.165) is 12.0 Å². The van der Waals surface area contributed by atoms with E-state index in [1.165, 1.54) is 5.56 Å². The van der Waals surface area contributed by atoms with Crippen LogP contribution in [0.2, 0.25) is 0 Å². The molecule has 0 aliphatic heterocycles. The van der Waals surface area contributed by atoms with Gasteiger partial charge in [0.05, 0.1) is 0 Å². The third kappa shape index (κ3) is 2.06. The van der Waals surface area contributed by atoms with Gasteiger partial charge in [-0.3, -0.25) is 0 Å². The molecule has 13 heavy (non-hydrogen) atoms. The van der Waals surface area contributed by atoms with Crippen molar-refractivity contribution in [1.29, 1.82) is 0 Å². The molecule has 2 heteroatoms. The predicted molar refractivity (Wildman–Crippen MR) is 56.9 cm³/mol. The summed E-state index contributed by atoms with van der Waals surface area (Å²) in [4.78, 5) is 0. The average molecular weight is 174 g/mol. The van der Waals surface area contributed by atoms with Crippen LogP contribution in [0.5, 0.6) is 5.75 Å². The molecule has 68 valence electrons. The van der Waals surface area contributed by atoms with E-state index in [2.05, 4.69) is 13.8 Å². The van der Waals surface area contributed by atoms with Crippen LogP contribution < -0.4 is 5.46 Å². The van der Waals surface area contributed by atoms with Gasteiger partial charge < -0.3 is 5.11 Å². The lowest BCUT2D eigenvalue weighted by Crippen LogP contribution is -2.07. The summed E-state index contributed by atoms with van der Waals surface area (Å²) in [7, 11) is 5.66. The Balaban J connectivity index is 3.13. The van der Waals surface area contributed by atoms with Crippen molar-refractivity contribution in [2.45, 2.75) is 33.1 Å². The second-order valence-electron chi connectivity index (χ2n) is 3.58. The molecule has 1 atom stereocenters. The maximum Gasteiger partial charge on any atom is 0.119 e. The van der Waals surface area contributed by atoms with Crippen LogP contribution in [-0.4, -0.2) is 13.0 Å². The summed E-state index contributed by atoms with van der Waals surface area (Å²) in [5.41, 5.74) is 2.54. The number of rotatable bonds is 2. The summed E-state index contributed by atoms with van der Waals surface area (Å²) in [6.07, 6.45) is 1.09. The minimum absolute atomic E-state index is 0.215. The minimum Gasteiger partial charge on any atom is -0.508 e. The second kappa shape index (κ2) is 3.86. The summed E-state index contributed by atoms with van der Waals surface area (Å²) in [5.74, 6) is 0.716. The molecule has 2 radical (unpaired) electrons. The first kappa shape index (κ1) is 10.2. The molecule has 1 aromatic carbocycles. The predicted octanol–water partition coefficient (Wildman–Crippen LogP) is 2.01. The first-order valence-corrected chi connectivity index (χ1v) is 4.65. The Bertz CT molecular complexity index is 284. The monoisotopic (exact) mass is 174 g/mol. The van der Waals surface area contributed by atoms with E-state index in [4.69, 9.17) is 7.85 Å². The number of aromatic hydroxyl groups is 1. The Morgan fingerprint density at radius 2 is 2.08 bits per heavy atom. The van der Waals surface area contributed by atoms with Crippen LogP contribution in [0.25, 0.3) is 0 Å². The zero-order valence-corrected chi connectivity index (χ0v) is 8.46. The number of phenols is 1. The van der Waals surface area contributed by atoms with Gasteiger partial charge in [-0.25, -0.2) is 0 Å². The number of hydrogen-bond donors (Lipinski definition) is 1. The second-order valence-corrected chi connectivity index (χ2v) is 3.58. The van der Waals surface area contributed by atoms with E-state index < -0.39 is 0 Å². The van der Waals surface area contributed by atoms with E-state index in [1.54, 1.807) is 0 Å². The Morgan fingerprint density at radius 1 is 1.46 bits per heavy atom. The lowest BCUT2D eigenvalue weighted by Gasteiger charge is -2.12. The van der Waals surface area contributed by atoms with E-state index >= 15 is 0 Å². The van der Waals surface area contributed by atoms with Gasteiger partial charge in [-0.15, -0.1) is 0 Å². The van der Waals surface area contributed by atoms with Crippen molar-refractivity contribution >= 4 is 13.3 Å². The van der Waals surface area contributed by atoms with Crippen molar-refractivity contribution < 1.29 is 5.11 Å². The average Bonchev–Trinajstić information content (AvgIpc) is 2.12. The normalized spacial score (nSPS) is 12.8. The smallest absolute Gasteiger partial charge is 0.119 e. The molecule has 0 saturated heterocycles. The fourth-order valence-electron chi connectivity index (χ4n) is 1.36. The standard InChI is InChI=1S/C11H15BO/c1-4-7(2)9-5-8(3)11(13)10(12)6-9/h5-7,13H,4H2,1-3H3. The zero-order chi connectivity index (χ0) is 10.0. The molecule has 0 aliphatic rings. The van der Waals surface area contributed by atoms with Crippen molar-refractivity contribution in [3.05, 3.63) is 23.3 Å². The Hall–Kier alpha value is -0.915. The number of aryl methyl sites for hydroxylation is 1. The SMILES string of the molecule is [B]c1cc(C(C)CC)cc(C)c1O. The maximum absolute atomic E-state index is 9.46. The Kier molecular flexibility index (Phi) is 3.02. The van der Waals surface area contributed by atoms with Crippen LogP contribution in [0, 0.1) is 6.92 Å². The third-order valence-corrected chi connectivity index (χ3v) is 2.53. The molecule has 0 saturated carbocycles. The van der Waals surface area contributed by atoms with E-state index in [9.17, 15) is 5.11 Å². The molecule has 0 bridgehead atoms. The summed E-state index contributed by atoms with van der Waals surface area (Å²) in [6, 6.07) is 3.86. The van der Waals surface area contributed by atoms with Crippen molar-refractivity contribution in [3.63, 3.8) is 0 Å². The van der Waals surface area contributed by atoms with Gasteiger partial charge in [-0.2, -0.15) is 0 Å². The van der Waals surface area contributed by atoms with Crippen molar-refractivity contribution in [3.8, 4) is 5.75 Å². The van der Waals surface area contributed by atoms with E-state index in [1.807, 2.05) is 19.1 Å². The molecule has 0 fully saturated rings. The number of hydrogen-bond acceptors (Lipinski definition) is 1. The van der Waals surface area contributed by atoms with E-state index in [0.29, 0.717) is 11.4 Å². The first-order chi connectivity index (χ1) is 6.06. The zero-order valence-electron chi connectivity index (χ0n) is 8.46. The number of phenolic OH excluding ortho intramolecular Hbond substituents is 1. The molecule has 0 aromatic heterocycles. The van der Waals surface area contributed by atoms with Crippen molar-refractivity contribution in [1.82, 2.24) is 0 Å². The molecule has 0 aliphatic carbocycles. The molecule has 1 unspecified atom stereocenters. The summed E-state index contributed by atoms with van der Waals surface area (Å²) < 4.78 is 0. The molecule has 1 rings (SSSR count). The largest absolute Gasteiger partial charge is 0.508 e. The highest BCUT2D eigenvalue weighted by atomic mass is 16.3. The molecule has 1 aromatic rings. The highest BCUT2D eigenvalue weighted by Gasteiger charge is 2.07. The summed E-state index contributed by atoms with van der Waals surface area (Å²) in [6.45, 7) is 6.17. The van der Waals surface area contributed by atoms with Gasteiger partial charge in [0.25, 0.3) is 0 Å². The van der Waals surface area contributed by atoms with E-state index in [-0.39, 0.29) is 5.75 Å². The Morgan fingerprint density at radius 3 is 2.54 bits per heavy atom. The highest BCUT2D eigenvalue weighted by molar-refractivity contribution is 6.34. The minimum atomic E-state index is 0.215. The fraction of sp³-hybridized carbons (Fsp3) is 0.455. The van der Waals surface area contributed by atoms with Crippen molar-refractivity contribution in [2.24, 2.45) is 0 Å². The van der Waals surface area contributed by atoms with Crippen LogP contribution >= 0.6 is 0 Å². The van der Waals surface area contributed by atoms with Crippen LogP contribution in [-0.2, 0) is 0 Å². The highest BCUT2D eigenvalue weighted by Crippen LogP contribution is 2.22. The molecule has 0 heterocycles. The fourth-order valence-corrected chi connectivity index (χ4v) is 1.36. The molecule has 1 N–H and O–H groups in total. The number of benzene rings is 1. The maximum atomic E-state index is 9.46. The molecular formula is C11H15BO. The Labute approximate surface area is 81.2 Å². The summed E-state index contributed by atoms with van der Waals surface area (Å²) in [5, 5.41) is 9.46. The van der Waals surface area contributed by atoms with Crippen molar-refractivity contribution in [2.75, 3.05) is 0 Å². The van der Waals surface area contributed by atoms with Gasteiger partial charge in [-0.1, -0.05) is 31.4 Å². The quantitative estimate of drug-likeness (QED) is 0.680. The van der Waals surface area contributed by atoms with Gasteiger partial charge in [0.1, 0.15) is 13.6 Å². The van der Waals surface area contributed by atoms with Gasteiger partial charge in [0.2, 0.25) is 0 Å². The van der Waals surface area contributed by atoms with Crippen LogP contribution in [0.1, 0.15) is 37.3 Å². The van der Waals surface area contributed by atoms with Gasteiger partial charge in [-0.05, 0) is 30.4 Å². The third-order valence-electron chi connectivity index (χ3n) is 2.53. The molecule has 1 nitrogen and oxygen atoms in total. The van der Waals surface area contributed by atoms with Gasteiger partial charge in [0, 0.05) is 0 Å². The molecular weight excluding hydrogens is 159 g/mol. The van der Waals surface area contributed by atoms with Crippen LogP contribution in [0.4, 0.5) is 0 Å². The van der Waals surface area contributed by atoms with Crippen LogP contribution in [0.3, 0.4) is 0 Å². The van der Waals surface area contributed by atoms with Gasteiger partial charge in [0.15, 0.2) is 0 Å². The molecule has 0 spiro atoms. The first-order valence-electron chi connectivity index (χ1n) is 4.65. The molecule has 0 amide bonds. The van der Waals surface area contributed by atoms with Gasteiger partial charge >= 0.3 is 0 Å². The lowest BCUT2D eigenvalue weighted by molar-refractivity contribution is 0.475. The van der Waals surface area contributed by atoms with Crippen LogP contribution in [0.15, 0.2) is 12.1 Å². The summed E-state index contributed by atoms with van der Waals surface area (Å²) >= 11 is 0.